The molecule has 0 saturated carbocycles. The third-order valence-electron chi connectivity index (χ3n) is 3.09. The molecule has 25 heavy (non-hydrogen) atoms. The van der Waals surface area contributed by atoms with Gasteiger partial charge in [0.2, 0.25) is 10.0 Å². The van der Waals surface area contributed by atoms with Crippen LogP contribution in [-0.4, -0.2) is 50.9 Å². The van der Waals surface area contributed by atoms with E-state index in [1.54, 1.807) is 20.8 Å². The summed E-state index contributed by atoms with van der Waals surface area (Å²) in [5.41, 5.74) is -1.71. The fourth-order valence-corrected chi connectivity index (χ4v) is 3.94. The molecule has 146 valence electrons. The van der Waals surface area contributed by atoms with E-state index in [-0.39, 0.29) is 30.5 Å². The zero-order chi connectivity index (χ0) is 18.4. The van der Waals surface area contributed by atoms with Crippen LogP contribution < -0.4 is 15.4 Å². The van der Waals surface area contributed by atoms with Crippen molar-refractivity contribution in [1.29, 1.82) is 0 Å². The number of nitrogens with one attached hydrogen (secondary N) is 3. The van der Waals surface area contributed by atoms with E-state index in [1.807, 2.05) is 24.4 Å². The first-order valence-corrected chi connectivity index (χ1v) is 10.5. The molecule has 1 heterocycles. The van der Waals surface area contributed by atoms with Gasteiger partial charge in [-0.25, -0.2) is 13.1 Å². The summed E-state index contributed by atoms with van der Waals surface area (Å²) in [5, 5.41) is 18.7. The second kappa shape index (κ2) is 10.0. The summed E-state index contributed by atoms with van der Waals surface area (Å²) in [6, 6.07) is 3.78. The Bertz CT molecular complexity index is 644. The Hall–Kier alpha value is -0.430. The minimum atomic E-state index is -3.31. The number of hydrogen-bond acceptors (Lipinski definition) is 5. The van der Waals surface area contributed by atoms with Crippen molar-refractivity contribution in [3.63, 3.8) is 0 Å². The summed E-state index contributed by atoms with van der Waals surface area (Å²) in [5.74, 6) is 0.526. The highest BCUT2D eigenvalue weighted by molar-refractivity contribution is 14.0. The lowest BCUT2D eigenvalue weighted by atomic mass is 10.1. The van der Waals surface area contributed by atoms with Gasteiger partial charge in [0.25, 0.3) is 0 Å². The Kier molecular flexibility index (Phi) is 9.87. The Labute approximate surface area is 171 Å². The van der Waals surface area contributed by atoms with Crippen molar-refractivity contribution in [3.8, 4) is 0 Å². The van der Waals surface area contributed by atoms with E-state index >= 15 is 0 Å². The predicted octanol–water partition coefficient (Wildman–Crippen LogP) is 1.46. The standard InChI is InChI=1S/C15H28N4O3S2.HI/c1-6-16-13(17-10-14(2,3)19-24(5,21)22)18-11-15(4,20)12-8-7-9-23-12;/h7-9,19-20H,6,10-11H2,1-5H3,(H2,16,17,18);1H. The summed E-state index contributed by atoms with van der Waals surface area (Å²) in [7, 11) is -3.31. The highest BCUT2D eigenvalue weighted by atomic mass is 127. The average Bonchev–Trinajstić information content (AvgIpc) is 2.94. The van der Waals surface area contributed by atoms with Crippen LogP contribution in [0.25, 0.3) is 0 Å². The lowest BCUT2D eigenvalue weighted by Gasteiger charge is -2.25. The number of halogens is 1. The Morgan fingerprint density at radius 1 is 1.32 bits per heavy atom. The zero-order valence-electron chi connectivity index (χ0n) is 15.3. The number of hydrogen-bond donors (Lipinski definition) is 4. The summed E-state index contributed by atoms with van der Waals surface area (Å²) in [4.78, 5) is 5.28. The second-order valence-electron chi connectivity index (χ2n) is 6.56. The molecule has 0 aliphatic carbocycles. The molecule has 1 aromatic rings. The van der Waals surface area contributed by atoms with Crippen molar-refractivity contribution in [3.05, 3.63) is 22.4 Å². The van der Waals surface area contributed by atoms with Crippen LogP contribution in [-0.2, 0) is 15.6 Å². The number of nitrogens with zero attached hydrogens (tertiary/aromatic N) is 1. The van der Waals surface area contributed by atoms with Crippen molar-refractivity contribution >= 4 is 51.3 Å². The fraction of sp³-hybridized carbons (Fsp3) is 0.667. The molecule has 0 fully saturated rings. The summed E-state index contributed by atoms with van der Waals surface area (Å²) in [6.07, 6.45) is 1.13. The van der Waals surface area contributed by atoms with Crippen LogP contribution in [0.15, 0.2) is 22.5 Å². The van der Waals surface area contributed by atoms with Gasteiger partial charge in [-0.1, -0.05) is 6.07 Å². The highest BCUT2D eigenvalue weighted by Gasteiger charge is 2.25. The van der Waals surface area contributed by atoms with E-state index in [9.17, 15) is 13.5 Å². The minimum Gasteiger partial charge on any atom is -0.383 e. The van der Waals surface area contributed by atoms with Gasteiger partial charge < -0.3 is 15.7 Å². The molecule has 1 atom stereocenters. The molecule has 0 saturated heterocycles. The normalized spacial score (nSPS) is 15.2. The number of aliphatic hydroxyl groups is 1. The van der Waals surface area contributed by atoms with Gasteiger partial charge in [-0.05, 0) is 39.1 Å². The first kappa shape index (κ1) is 24.6. The monoisotopic (exact) mass is 504 g/mol. The molecule has 0 aromatic carbocycles. The maximum absolute atomic E-state index is 11.4. The maximum atomic E-state index is 11.4. The summed E-state index contributed by atoms with van der Waals surface area (Å²) in [6.45, 7) is 8.42. The lowest BCUT2D eigenvalue weighted by Crippen LogP contribution is -2.48. The van der Waals surface area contributed by atoms with Crippen molar-refractivity contribution in [2.45, 2.75) is 38.8 Å². The van der Waals surface area contributed by atoms with Gasteiger partial charge in [-0.2, -0.15) is 0 Å². The summed E-state index contributed by atoms with van der Waals surface area (Å²) < 4.78 is 25.3. The molecule has 0 spiro atoms. The smallest absolute Gasteiger partial charge is 0.209 e. The zero-order valence-corrected chi connectivity index (χ0v) is 19.3. The molecular formula is C15H29IN4O3S2. The first-order valence-electron chi connectivity index (χ1n) is 7.73. The van der Waals surface area contributed by atoms with Gasteiger partial charge >= 0.3 is 0 Å². The van der Waals surface area contributed by atoms with Gasteiger partial charge in [-0.15, -0.1) is 35.3 Å². The molecule has 0 amide bonds. The van der Waals surface area contributed by atoms with Crippen LogP contribution in [0.2, 0.25) is 0 Å². The van der Waals surface area contributed by atoms with E-state index in [0.717, 1.165) is 11.1 Å². The van der Waals surface area contributed by atoms with Gasteiger partial charge in [0.1, 0.15) is 5.60 Å². The van der Waals surface area contributed by atoms with Crippen LogP contribution in [0.5, 0.6) is 0 Å². The molecule has 0 aliphatic rings. The predicted molar refractivity (Wildman–Crippen MR) is 115 cm³/mol. The van der Waals surface area contributed by atoms with Crippen molar-refractivity contribution in [2.24, 2.45) is 4.99 Å². The molecule has 1 rings (SSSR count). The maximum Gasteiger partial charge on any atom is 0.209 e. The van der Waals surface area contributed by atoms with Crippen LogP contribution in [0.4, 0.5) is 0 Å². The molecular weight excluding hydrogens is 475 g/mol. The average molecular weight is 504 g/mol. The number of guanidine groups is 1. The van der Waals surface area contributed by atoms with Gasteiger partial charge in [0.15, 0.2) is 5.96 Å². The quantitative estimate of drug-likeness (QED) is 0.244. The molecule has 1 aromatic heterocycles. The second-order valence-corrected chi connectivity index (χ2v) is 9.25. The van der Waals surface area contributed by atoms with Crippen molar-refractivity contribution in [2.75, 3.05) is 25.9 Å². The van der Waals surface area contributed by atoms with Crippen molar-refractivity contribution in [1.82, 2.24) is 15.4 Å². The van der Waals surface area contributed by atoms with E-state index in [4.69, 9.17) is 0 Å². The van der Waals surface area contributed by atoms with E-state index in [1.165, 1.54) is 11.3 Å². The molecule has 0 aliphatic heterocycles. The SMILES string of the molecule is CCNC(=NCC(C)(C)NS(C)(=O)=O)NCC(C)(O)c1cccs1.I. The Morgan fingerprint density at radius 2 is 1.96 bits per heavy atom. The van der Waals surface area contributed by atoms with Crippen LogP contribution in [0.3, 0.4) is 0 Å². The van der Waals surface area contributed by atoms with Gasteiger partial charge in [0.05, 0.1) is 19.3 Å². The van der Waals surface area contributed by atoms with Crippen LogP contribution >= 0.6 is 35.3 Å². The van der Waals surface area contributed by atoms with E-state index in [2.05, 4.69) is 20.3 Å². The van der Waals surface area contributed by atoms with Gasteiger partial charge in [-0.3, -0.25) is 4.99 Å². The highest BCUT2D eigenvalue weighted by Crippen LogP contribution is 2.24. The molecule has 1 unspecified atom stereocenters. The summed E-state index contributed by atoms with van der Waals surface area (Å²) >= 11 is 1.49. The fourth-order valence-electron chi connectivity index (χ4n) is 2.08. The Balaban J connectivity index is 0.00000576. The van der Waals surface area contributed by atoms with E-state index in [0.29, 0.717) is 19.0 Å². The van der Waals surface area contributed by atoms with Crippen LogP contribution in [0, 0.1) is 0 Å². The minimum absolute atomic E-state index is 0. The van der Waals surface area contributed by atoms with Gasteiger partial charge in [0, 0.05) is 17.0 Å². The van der Waals surface area contributed by atoms with Crippen LogP contribution in [0.1, 0.15) is 32.6 Å². The first-order chi connectivity index (χ1) is 11.0. The Morgan fingerprint density at radius 3 is 2.44 bits per heavy atom. The molecule has 0 radical (unpaired) electrons. The van der Waals surface area contributed by atoms with Crippen molar-refractivity contribution < 1.29 is 13.5 Å². The molecule has 10 heteroatoms. The molecule has 7 nitrogen and oxygen atoms in total. The molecule has 0 bridgehead atoms. The number of aliphatic imine (C=N–C) groups is 1. The third kappa shape index (κ3) is 9.73. The molecule has 4 N–H and O–H groups in total. The number of thiophene rings is 1. The lowest BCUT2D eigenvalue weighted by molar-refractivity contribution is 0.0655. The topological polar surface area (TPSA) is 103 Å². The number of rotatable bonds is 8. The third-order valence-corrected chi connectivity index (χ3v) is 5.14. The number of sulfonamides is 1. The largest absolute Gasteiger partial charge is 0.383 e. The van der Waals surface area contributed by atoms with E-state index < -0.39 is 21.2 Å².